The first-order valence-electron chi connectivity index (χ1n) is 9.13. The minimum atomic E-state index is -3.77. The number of hydrogen-bond donors (Lipinski definition) is 1. The number of ketones is 1. The average Bonchev–Trinajstić information content (AvgIpc) is 2.67. The fourth-order valence-electron chi connectivity index (χ4n) is 3.23. The Balaban J connectivity index is 1.69. The van der Waals surface area contributed by atoms with Crippen LogP contribution >= 0.6 is 0 Å². The van der Waals surface area contributed by atoms with Crippen LogP contribution in [0.25, 0.3) is 6.08 Å². The average molecular weight is 421 g/mol. The van der Waals surface area contributed by atoms with Crippen LogP contribution in [0.3, 0.4) is 0 Å². The van der Waals surface area contributed by atoms with Gasteiger partial charge in [-0.2, -0.15) is 8.78 Å². The van der Waals surface area contributed by atoms with Gasteiger partial charge in [0.2, 0.25) is 10.0 Å². The number of hydrogen-bond acceptors (Lipinski definition) is 4. The van der Waals surface area contributed by atoms with Crippen molar-refractivity contribution >= 4 is 21.9 Å². The zero-order valence-corrected chi connectivity index (χ0v) is 16.6. The maximum atomic E-state index is 12.7. The molecule has 0 spiro atoms. The van der Waals surface area contributed by atoms with E-state index in [1.807, 2.05) is 0 Å². The molecule has 8 heteroatoms. The summed E-state index contributed by atoms with van der Waals surface area (Å²) in [7, 11) is -3.77. The minimum absolute atomic E-state index is 0.0431. The van der Waals surface area contributed by atoms with E-state index < -0.39 is 22.7 Å². The standard InChI is InChI=1S/C21H21F2NO4S/c1-14(11-20(25)15-5-3-2-4-6-15)24-29(26,27)19-10-8-16-12-18(28-21(22)23)9-7-17(16)13-19/h2-7,9,12-14,21,24H,8,10-11H2,1H3/t14-/m0/s1. The van der Waals surface area contributed by atoms with Crippen LogP contribution in [0.4, 0.5) is 8.78 Å². The second-order valence-electron chi connectivity index (χ2n) is 6.87. The monoisotopic (exact) mass is 421 g/mol. The maximum absolute atomic E-state index is 12.7. The van der Waals surface area contributed by atoms with Crippen LogP contribution in [0, 0.1) is 0 Å². The van der Waals surface area contributed by atoms with Gasteiger partial charge in [0.1, 0.15) is 5.75 Å². The molecule has 0 saturated carbocycles. The summed E-state index contributed by atoms with van der Waals surface area (Å²) in [6.45, 7) is -1.27. The van der Waals surface area contributed by atoms with Crippen molar-refractivity contribution in [2.45, 2.75) is 38.8 Å². The predicted molar refractivity (Wildman–Crippen MR) is 106 cm³/mol. The SMILES string of the molecule is C[C@@H](CC(=O)c1ccccc1)NS(=O)(=O)C1=Cc2ccc(OC(F)F)cc2CC1. The molecule has 154 valence electrons. The first-order valence-corrected chi connectivity index (χ1v) is 10.6. The minimum Gasteiger partial charge on any atom is -0.435 e. The Labute approximate surface area is 168 Å². The van der Waals surface area contributed by atoms with Crippen molar-refractivity contribution in [2.24, 2.45) is 0 Å². The summed E-state index contributed by atoms with van der Waals surface area (Å²) in [5, 5.41) is 0. The van der Waals surface area contributed by atoms with Gasteiger partial charge in [-0.05, 0) is 49.1 Å². The molecule has 1 aliphatic rings. The van der Waals surface area contributed by atoms with Crippen molar-refractivity contribution in [3.8, 4) is 5.75 Å². The molecule has 0 unspecified atom stereocenters. The number of carbonyl (C=O) groups is 1. The number of sulfonamides is 1. The molecule has 1 N–H and O–H groups in total. The summed E-state index contributed by atoms with van der Waals surface area (Å²) in [4.78, 5) is 12.5. The van der Waals surface area contributed by atoms with E-state index in [9.17, 15) is 22.0 Å². The summed E-state index contributed by atoms with van der Waals surface area (Å²) in [5.41, 5.74) is 1.92. The van der Waals surface area contributed by atoms with E-state index in [1.165, 1.54) is 18.2 Å². The molecule has 0 aromatic heterocycles. The Morgan fingerprint density at radius 2 is 1.86 bits per heavy atom. The van der Waals surface area contributed by atoms with Gasteiger partial charge >= 0.3 is 6.61 Å². The maximum Gasteiger partial charge on any atom is 0.387 e. The quantitative estimate of drug-likeness (QED) is 0.650. The van der Waals surface area contributed by atoms with Crippen LogP contribution in [0.15, 0.2) is 53.4 Å². The number of halogens is 2. The van der Waals surface area contributed by atoms with Crippen LogP contribution < -0.4 is 9.46 Å². The number of Topliss-reactive ketones (excluding diaryl/α,β-unsaturated/α-hetero) is 1. The number of ether oxygens (including phenoxy) is 1. The fraction of sp³-hybridized carbons (Fsp3) is 0.286. The van der Waals surface area contributed by atoms with Crippen molar-refractivity contribution < 1.29 is 26.7 Å². The number of benzene rings is 2. The summed E-state index contributed by atoms with van der Waals surface area (Å²) in [6.07, 6.45) is 2.19. The molecule has 0 amide bonds. The smallest absolute Gasteiger partial charge is 0.387 e. The van der Waals surface area contributed by atoms with E-state index in [0.717, 1.165) is 5.56 Å². The van der Waals surface area contributed by atoms with Crippen molar-refractivity contribution in [1.82, 2.24) is 4.72 Å². The number of alkyl halides is 2. The van der Waals surface area contributed by atoms with Gasteiger partial charge in [0, 0.05) is 18.0 Å². The van der Waals surface area contributed by atoms with Gasteiger partial charge in [-0.25, -0.2) is 13.1 Å². The number of fused-ring (bicyclic) bond motifs is 1. The number of rotatable bonds is 8. The molecule has 29 heavy (non-hydrogen) atoms. The Morgan fingerprint density at radius 3 is 2.55 bits per heavy atom. The second-order valence-corrected chi connectivity index (χ2v) is 8.63. The molecule has 2 aromatic carbocycles. The highest BCUT2D eigenvalue weighted by Gasteiger charge is 2.25. The molecule has 0 saturated heterocycles. The van der Waals surface area contributed by atoms with E-state index in [-0.39, 0.29) is 29.3 Å². The van der Waals surface area contributed by atoms with Crippen molar-refractivity contribution in [2.75, 3.05) is 0 Å². The summed E-state index contributed by atoms with van der Waals surface area (Å²) < 4.78 is 57.1. The summed E-state index contributed by atoms with van der Waals surface area (Å²) in [5.74, 6) is -0.0973. The molecule has 5 nitrogen and oxygen atoms in total. The molecule has 3 rings (SSSR count). The molecule has 0 radical (unpaired) electrons. The van der Waals surface area contributed by atoms with Crippen molar-refractivity contribution in [1.29, 1.82) is 0 Å². The molecule has 0 heterocycles. The molecule has 1 aliphatic carbocycles. The first kappa shape index (κ1) is 21.1. The van der Waals surface area contributed by atoms with Crippen LogP contribution in [0.5, 0.6) is 5.75 Å². The third-order valence-electron chi connectivity index (χ3n) is 4.59. The van der Waals surface area contributed by atoms with Gasteiger partial charge < -0.3 is 4.74 Å². The zero-order chi connectivity index (χ0) is 21.0. The van der Waals surface area contributed by atoms with E-state index in [4.69, 9.17) is 0 Å². The van der Waals surface area contributed by atoms with Crippen LogP contribution in [0.2, 0.25) is 0 Å². The topological polar surface area (TPSA) is 72.5 Å². The zero-order valence-electron chi connectivity index (χ0n) is 15.8. The van der Waals surface area contributed by atoms with Crippen LogP contribution in [0.1, 0.15) is 41.3 Å². The van der Waals surface area contributed by atoms with E-state index in [1.54, 1.807) is 43.3 Å². The number of nitrogens with one attached hydrogen (secondary N) is 1. The lowest BCUT2D eigenvalue weighted by Crippen LogP contribution is -2.35. The number of aryl methyl sites for hydroxylation is 1. The largest absolute Gasteiger partial charge is 0.435 e. The van der Waals surface area contributed by atoms with Gasteiger partial charge in [-0.3, -0.25) is 4.79 Å². The fourth-order valence-corrected chi connectivity index (χ4v) is 4.65. The third-order valence-corrected chi connectivity index (χ3v) is 6.31. The normalized spacial score (nSPS) is 14.8. The molecule has 0 aliphatic heterocycles. The Morgan fingerprint density at radius 1 is 1.14 bits per heavy atom. The van der Waals surface area contributed by atoms with Gasteiger partial charge in [0.25, 0.3) is 0 Å². The molecule has 1 atom stereocenters. The highest BCUT2D eigenvalue weighted by atomic mass is 32.2. The second kappa shape index (κ2) is 8.84. The van der Waals surface area contributed by atoms with Crippen molar-refractivity contribution in [3.05, 3.63) is 70.1 Å². The lowest BCUT2D eigenvalue weighted by atomic mass is 9.97. The molecular weight excluding hydrogens is 400 g/mol. The summed E-state index contributed by atoms with van der Waals surface area (Å²) >= 11 is 0. The van der Waals surface area contributed by atoms with E-state index in [0.29, 0.717) is 17.5 Å². The molecule has 0 bridgehead atoms. The third kappa shape index (κ3) is 5.48. The lowest BCUT2D eigenvalue weighted by Gasteiger charge is -2.20. The molecule has 2 aromatic rings. The predicted octanol–water partition coefficient (Wildman–Crippen LogP) is 4.16. The Kier molecular flexibility index (Phi) is 6.44. The van der Waals surface area contributed by atoms with Gasteiger partial charge in [0.15, 0.2) is 5.78 Å². The van der Waals surface area contributed by atoms with E-state index in [2.05, 4.69) is 9.46 Å². The first-order chi connectivity index (χ1) is 13.7. The number of allylic oxidation sites excluding steroid dienone is 1. The van der Waals surface area contributed by atoms with Crippen LogP contribution in [-0.4, -0.2) is 26.9 Å². The molecular formula is C21H21F2NO4S. The Hall–Kier alpha value is -2.58. The van der Waals surface area contributed by atoms with Gasteiger partial charge in [-0.1, -0.05) is 36.4 Å². The van der Waals surface area contributed by atoms with Gasteiger partial charge in [0.05, 0.1) is 4.91 Å². The number of carbonyl (C=O) groups excluding carboxylic acids is 1. The van der Waals surface area contributed by atoms with E-state index >= 15 is 0 Å². The van der Waals surface area contributed by atoms with Gasteiger partial charge in [-0.15, -0.1) is 0 Å². The summed E-state index contributed by atoms with van der Waals surface area (Å²) in [6, 6.07) is 12.6. The highest BCUT2D eigenvalue weighted by Crippen LogP contribution is 2.30. The lowest BCUT2D eigenvalue weighted by molar-refractivity contribution is -0.0498. The molecule has 0 fully saturated rings. The van der Waals surface area contributed by atoms with Crippen LogP contribution in [-0.2, 0) is 16.4 Å². The Bertz CT molecular complexity index is 1020. The highest BCUT2D eigenvalue weighted by molar-refractivity contribution is 7.93. The van der Waals surface area contributed by atoms with Crippen molar-refractivity contribution in [3.63, 3.8) is 0 Å².